The lowest BCUT2D eigenvalue weighted by Crippen LogP contribution is -2.31. The number of hydrogen-bond donors (Lipinski definition) is 1. The number of amides is 1. The fourth-order valence-corrected chi connectivity index (χ4v) is 4.39. The minimum Gasteiger partial charge on any atom is -0.503 e. The van der Waals surface area contributed by atoms with Crippen molar-refractivity contribution in [2.24, 2.45) is 0 Å². The van der Waals surface area contributed by atoms with Crippen LogP contribution < -0.4 is 14.4 Å². The van der Waals surface area contributed by atoms with Crippen molar-refractivity contribution in [3.63, 3.8) is 0 Å². The molecule has 1 amide bonds. The Bertz CT molecular complexity index is 1430. The van der Waals surface area contributed by atoms with Crippen molar-refractivity contribution >= 4 is 28.3 Å². The Morgan fingerprint density at radius 2 is 1.64 bits per heavy atom. The van der Waals surface area contributed by atoms with Crippen molar-refractivity contribution in [3.05, 3.63) is 102 Å². The third kappa shape index (κ3) is 4.09. The molecule has 0 aliphatic carbocycles. The summed E-state index contributed by atoms with van der Waals surface area (Å²) in [6, 6.07) is 22.0. The topological polar surface area (TPSA) is 89.2 Å². The molecule has 7 heteroatoms. The predicted molar refractivity (Wildman–Crippen MR) is 136 cm³/mol. The average Bonchev–Trinajstić information content (AvgIpc) is 3.43. The Morgan fingerprint density at radius 3 is 2.28 bits per heavy atom. The second-order valence-corrected chi connectivity index (χ2v) is 8.75. The van der Waals surface area contributed by atoms with Gasteiger partial charge in [-0.05, 0) is 67.9 Å². The molecule has 1 aliphatic heterocycles. The fraction of sp³-hybridized carbons (Fsp3) is 0.172. The van der Waals surface area contributed by atoms with Crippen LogP contribution in [0.3, 0.4) is 0 Å². The standard InChI is InChI=1S/C29H25NO6/c1-17(2)35-22-14-10-20(11-15-22)30-26(18-8-12-21(34-3)13-9-18)25(28(32)29(30)33)27(31)24-16-19-6-4-5-7-23(19)36-24/h4-17,26,32H,1-3H3. The number of nitrogens with zero attached hydrogens (tertiary/aromatic N) is 1. The maximum absolute atomic E-state index is 13.7. The molecule has 0 saturated carbocycles. The summed E-state index contributed by atoms with van der Waals surface area (Å²) in [5.74, 6) is -0.511. The molecule has 4 aromatic rings. The lowest BCUT2D eigenvalue weighted by atomic mass is 9.94. The molecule has 0 radical (unpaired) electrons. The van der Waals surface area contributed by atoms with E-state index in [9.17, 15) is 14.7 Å². The lowest BCUT2D eigenvalue weighted by molar-refractivity contribution is -0.117. The maximum atomic E-state index is 13.7. The first-order valence-corrected chi connectivity index (χ1v) is 11.6. The van der Waals surface area contributed by atoms with E-state index in [1.807, 2.05) is 32.0 Å². The summed E-state index contributed by atoms with van der Waals surface area (Å²) in [6.45, 7) is 3.85. The first-order valence-electron chi connectivity index (χ1n) is 11.6. The summed E-state index contributed by atoms with van der Waals surface area (Å²) in [5, 5.41) is 11.7. The van der Waals surface area contributed by atoms with E-state index < -0.39 is 23.5 Å². The highest BCUT2D eigenvalue weighted by atomic mass is 16.5. The number of methoxy groups -OCH3 is 1. The van der Waals surface area contributed by atoms with Gasteiger partial charge in [-0.1, -0.05) is 30.3 Å². The van der Waals surface area contributed by atoms with E-state index in [1.54, 1.807) is 67.8 Å². The van der Waals surface area contributed by atoms with Crippen LogP contribution in [0, 0.1) is 0 Å². The van der Waals surface area contributed by atoms with E-state index in [-0.39, 0.29) is 17.4 Å². The summed E-state index contributed by atoms with van der Waals surface area (Å²) in [7, 11) is 1.56. The summed E-state index contributed by atoms with van der Waals surface area (Å²) in [6.07, 6.45) is -0.00457. The number of furan rings is 1. The Balaban J connectivity index is 1.60. The molecule has 7 nitrogen and oxygen atoms in total. The molecule has 1 N–H and O–H groups in total. The predicted octanol–water partition coefficient (Wildman–Crippen LogP) is 6.01. The number of fused-ring (bicyclic) bond motifs is 1. The van der Waals surface area contributed by atoms with Crippen molar-refractivity contribution in [1.29, 1.82) is 0 Å². The fourth-order valence-electron chi connectivity index (χ4n) is 4.39. The van der Waals surface area contributed by atoms with Crippen LogP contribution in [0.25, 0.3) is 11.0 Å². The quantitative estimate of drug-likeness (QED) is 0.324. The number of carbonyl (C=O) groups excluding carboxylic acids is 2. The summed E-state index contributed by atoms with van der Waals surface area (Å²) in [5.41, 5.74) is 1.64. The molecule has 36 heavy (non-hydrogen) atoms. The number of ether oxygens (including phenoxy) is 2. The van der Waals surface area contributed by atoms with Gasteiger partial charge in [0.05, 0.1) is 24.8 Å². The smallest absolute Gasteiger partial charge is 0.294 e. The van der Waals surface area contributed by atoms with E-state index in [2.05, 4.69) is 0 Å². The largest absolute Gasteiger partial charge is 0.503 e. The van der Waals surface area contributed by atoms with Gasteiger partial charge in [0.25, 0.3) is 5.91 Å². The van der Waals surface area contributed by atoms with Crippen LogP contribution in [0.2, 0.25) is 0 Å². The molecule has 1 atom stereocenters. The van der Waals surface area contributed by atoms with Crippen LogP contribution in [0.5, 0.6) is 11.5 Å². The summed E-state index contributed by atoms with van der Waals surface area (Å²) >= 11 is 0. The molecule has 0 spiro atoms. The number of aliphatic hydroxyl groups is 1. The average molecular weight is 484 g/mol. The van der Waals surface area contributed by atoms with Gasteiger partial charge in [-0.2, -0.15) is 0 Å². The van der Waals surface area contributed by atoms with Crippen molar-refractivity contribution in [2.45, 2.75) is 26.0 Å². The van der Waals surface area contributed by atoms with Crippen LogP contribution in [-0.2, 0) is 4.79 Å². The highest BCUT2D eigenvalue weighted by Crippen LogP contribution is 2.43. The van der Waals surface area contributed by atoms with E-state index >= 15 is 0 Å². The first-order chi connectivity index (χ1) is 17.4. The molecule has 5 rings (SSSR count). The highest BCUT2D eigenvalue weighted by molar-refractivity contribution is 6.20. The maximum Gasteiger partial charge on any atom is 0.294 e. The molecule has 1 aliphatic rings. The molecule has 3 aromatic carbocycles. The van der Waals surface area contributed by atoms with E-state index in [1.165, 1.54) is 4.90 Å². The Morgan fingerprint density at radius 1 is 0.972 bits per heavy atom. The van der Waals surface area contributed by atoms with Crippen molar-refractivity contribution in [2.75, 3.05) is 12.0 Å². The van der Waals surface area contributed by atoms with Gasteiger partial charge in [0.1, 0.15) is 17.1 Å². The van der Waals surface area contributed by atoms with Gasteiger partial charge in [0.2, 0.25) is 5.78 Å². The van der Waals surface area contributed by atoms with E-state index in [4.69, 9.17) is 13.9 Å². The van der Waals surface area contributed by atoms with Crippen molar-refractivity contribution in [1.82, 2.24) is 0 Å². The lowest BCUT2D eigenvalue weighted by Gasteiger charge is -2.27. The Hall–Kier alpha value is -4.52. The van der Waals surface area contributed by atoms with Crippen LogP contribution in [0.1, 0.15) is 36.0 Å². The van der Waals surface area contributed by atoms with Gasteiger partial charge in [0.15, 0.2) is 11.5 Å². The van der Waals surface area contributed by atoms with Gasteiger partial charge < -0.3 is 19.0 Å². The van der Waals surface area contributed by atoms with Crippen LogP contribution >= 0.6 is 0 Å². The van der Waals surface area contributed by atoms with Gasteiger partial charge >= 0.3 is 0 Å². The summed E-state index contributed by atoms with van der Waals surface area (Å²) in [4.78, 5) is 28.5. The summed E-state index contributed by atoms with van der Waals surface area (Å²) < 4.78 is 16.8. The van der Waals surface area contributed by atoms with Crippen molar-refractivity contribution < 1.29 is 28.6 Å². The van der Waals surface area contributed by atoms with Crippen LogP contribution in [0.4, 0.5) is 5.69 Å². The SMILES string of the molecule is COc1ccc(C2C(C(=O)c3cc4ccccc4o3)=C(O)C(=O)N2c2ccc(OC(C)C)cc2)cc1. The number of para-hydroxylation sites is 1. The number of aliphatic hydroxyl groups excluding tert-OH is 1. The zero-order valence-electron chi connectivity index (χ0n) is 20.1. The van der Waals surface area contributed by atoms with Gasteiger partial charge in [-0.3, -0.25) is 14.5 Å². The second kappa shape index (κ2) is 9.26. The minimum absolute atomic E-state index is 0.00457. The number of anilines is 1. The molecular weight excluding hydrogens is 458 g/mol. The normalized spacial score (nSPS) is 15.7. The first kappa shape index (κ1) is 23.2. The molecule has 182 valence electrons. The third-order valence-electron chi connectivity index (χ3n) is 6.02. The number of rotatable bonds is 7. The molecule has 1 aromatic heterocycles. The van der Waals surface area contributed by atoms with Gasteiger partial charge in [-0.25, -0.2) is 0 Å². The van der Waals surface area contributed by atoms with Gasteiger partial charge in [-0.15, -0.1) is 0 Å². The molecule has 0 bridgehead atoms. The molecule has 2 heterocycles. The Labute approximate surface area is 208 Å². The van der Waals surface area contributed by atoms with Crippen molar-refractivity contribution in [3.8, 4) is 11.5 Å². The van der Waals surface area contributed by atoms with Gasteiger partial charge in [0, 0.05) is 11.1 Å². The van der Waals surface area contributed by atoms with E-state index in [0.29, 0.717) is 28.3 Å². The zero-order valence-corrected chi connectivity index (χ0v) is 20.1. The zero-order chi connectivity index (χ0) is 25.4. The minimum atomic E-state index is -0.874. The molecule has 0 saturated heterocycles. The number of benzene rings is 3. The second-order valence-electron chi connectivity index (χ2n) is 8.75. The number of carbonyl (C=O) groups is 2. The monoisotopic (exact) mass is 483 g/mol. The Kier molecular flexibility index (Phi) is 5.98. The van der Waals surface area contributed by atoms with Crippen LogP contribution in [-0.4, -0.2) is 30.0 Å². The number of Topliss-reactive ketones (excluding diaryl/α,β-unsaturated/α-hetero) is 1. The van der Waals surface area contributed by atoms with Crippen LogP contribution in [0.15, 0.2) is 94.6 Å². The molecule has 0 fully saturated rings. The van der Waals surface area contributed by atoms with E-state index in [0.717, 1.165) is 5.39 Å². The number of hydrogen-bond acceptors (Lipinski definition) is 6. The third-order valence-corrected chi connectivity index (χ3v) is 6.02. The molecule has 1 unspecified atom stereocenters. The molecular formula is C29H25NO6. The number of ketones is 1. The highest BCUT2D eigenvalue weighted by Gasteiger charge is 2.45.